The standard InChI is InChI=1S/C22H24N2O3S/c25-22(23-7-8-24-9-11-26-12-10-24)21-13-17(16-28-21)15-27-20-6-5-18-3-1-2-4-19(18)14-20/h1-6,13-14,16H,7-12,15H2,(H,23,25). The molecule has 5 nitrogen and oxygen atoms in total. The normalized spacial score (nSPS) is 14.9. The average molecular weight is 397 g/mol. The van der Waals surface area contributed by atoms with Crippen molar-refractivity contribution < 1.29 is 14.3 Å². The van der Waals surface area contributed by atoms with Gasteiger partial charge in [-0.3, -0.25) is 9.69 Å². The monoisotopic (exact) mass is 396 g/mol. The van der Waals surface area contributed by atoms with E-state index in [4.69, 9.17) is 9.47 Å². The molecule has 1 fully saturated rings. The number of nitrogens with zero attached hydrogens (tertiary/aromatic N) is 1. The molecule has 2 heterocycles. The van der Waals surface area contributed by atoms with E-state index >= 15 is 0 Å². The lowest BCUT2D eigenvalue weighted by molar-refractivity contribution is 0.0383. The Morgan fingerprint density at radius 1 is 1.11 bits per heavy atom. The Morgan fingerprint density at radius 2 is 1.93 bits per heavy atom. The van der Waals surface area contributed by atoms with Gasteiger partial charge >= 0.3 is 0 Å². The van der Waals surface area contributed by atoms with Gasteiger partial charge < -0.3 is 14.8 Å². The smallest absolute Gasteiger partial charge is 0.261 e. The lowest BCUT2D eigenvalue weighted by Crippen LogP contribution is -2.41. The van der Waals surface area contributed by atoms with E-state index in [1.807, 2.05) is 35.7 Å². The molecule has 1 amide bonds. The molecule has 1 aliphatic rings. The zero-order chi connectivity index (χ0) is 19.2. The number of amides is 1. The van der Waals surface area contributed by atoms with E-state index < -0.39 is 0 Å². The Balaban J connectivity index is 1.26. The number of thiophene rings is 1. The topological polar surface area (TPSA) is 50.8 Å². The predicted octanol–water partition coefficient (Wildman–Crippen LogP) is 3.54. The highest BCUT2D eigenvalue weighted by Gasteiger charge is 2.12. The van der Waals surface area contributed by atoms with Crippen LogP contribution in [0.2, 0.25) is 0 Å². The minimum absolute atomic E-state index is 0.0183. The van der Waals surface area contributed by atoms with Gasteiger partial charge in [-0.05, 0) is 34.4 Å². The van der Waals surface area contributed by atoms with Crippen LogP contribution in [0.4, 0.5) is 0 Å². The summed E-state index contributed by atoms with van der Waals surface area (Å²) in [5.41, 5.74) is 1.01. The fraction of sp³-hybridized carbons (Fsp3) is 0.318. The third-order valence-electron chi connectivity index (χ3n) is 4.82. The summed E-state index contributed by atoms with van der Waals surface area (Å²) in [6.45, 7) is 5.39. The van der Waals surface area contributed by atoms with Gasteiger partial charge in [0.1, 0.15) is 12.4 Å². The first-order valence-electron chi connectivity index (χ1n) is 9.55. The number of fused-ring (bicyclic) bond motifs is 1. The molecule has 1 aliphatic heterocycles. The third-order valence-corrected chi connectivity index (χ3v) is 5.80. The SMILES string of the molecule is O=C(NCCN1CCOCC1)c1cc(COc2ccc3ccccc3c2)cs1. The number of nitrogens with one attached hydrogen (secondary N) is 1. The van der Waals surface area contributed by atoms with Gasteiger partial charge in [0.05, 0.1) is 18.1 Å². The Morgan fingerprint density at radius 3 is 2.79 bits per heavy atom. The molecule has 6 heteroatoms. The predicted molar refractivity (Wildman–Crippen MR) is 112 cm³/mol. The maximum atomic E-state index is 12.3. The van der Waals surface area contributed by atoms with E-state index in [9.17, 15) is 4.79 Å². The summed E-state index contributed by atoms with van der Waals surface area (Å²) in [5, 5.41) is 7.34. The van der Waals surface area contributed by atoms with Gasteiger partial charge in [0.15, 0.2) is 0 Å². The molecule has 1 saturated heterocycles. The highest BCUT2D eigenvalue weighted by atomic mass is 32.1. The summed E-state index contributed by atoms with van der Waals surface area (Å²) in [7, 11) is 0. The lowest BCUT2D eigenvalue weighted by Gasteiger charge is -2.26. The van der Waals surface area contributed by atoms with Crippen LogP contribution in [0.25, 0.3) is 10.8 Å². The fourth-order valence-corrected chi connectivity index (χ4v) is 4.05. The molecular formula is C22H24N2O3S. The van der Waals surface area contributed by atoms with Crippen molar-refractivity contribution in [2.45, 2.75) is 6.61 Å². The van der Waals surface area contributed by atoms with Gasteiger partial charge in [0, 0.05) is 31.7 Å². The minimum atomic E-state index is -0.0183. The van der Waals surface area contributed by atoms with Crippen molar-refractivity contribution in [3.8, 4) is 5.75 Å². The van der Waals surface area contributed by atoms with Gasteiger partial charge in [-0.1, -0.05) is 30.3 Å². The van der Waals surface area contributed by atoms with E-state index in [0.717, 1.165) is 54.4 Å². The summed E-state index contributed by atoms with van der Waals surface area (Å²) in [6.07, 6.45) is 0. The van der Waals surface area contributed by atoms with Crippen LogP contribution in [0, 0.1) is 0 Å². The summed E-state index contributed by atoms with van der Waals surface area (Å²) in [5.74, 6) is 0.816. The zero-order valence-corrected chi connectivity index (χ0v) is 16.5. The van der Waals surface area contributed by atoms with E-state index in [0.29, 0.717) is 13.2 Å². The molecular weight excluding hydrogens is 372 g/mol. The van der Waals surface area contributed by atoms with Crippen molar-refractivity contribution in [1.82, 2.24) is 10.2 Å². The first-order valence-corrected chi connectivity index (χ1v) is 10.4. The van der Waals surface area contributed by atoms with Crippen LogP contribution in [0.5, 0.6) is 5.75 Å². The molecule has 2 aromatic carbocycles. The van der Waals surface area contributed by atoms with Crippen molar-refractivity contribution in [3.63, 3.8) is 0 Å². The van der Waals surface area contributed by atoms with Crippen LogP contribution in [-0.4, -0.2) is 50.2 Å². The zero-order valence-electron chi connectivity index (χ0n) is 15.7. The molecule has 3 aromatic rings. The van der Waals surface area contributed by atoms with Gasteiger partial charge in [-0.15, -0.1) is 11.3 Å². The van der Waals surface area contributed by atoms with Crippen molar-refractivity contribution in [2.24, 2.45) is 0 Å². The maximum absolute atomic E-state index is 12.3. The second-order valence-electron chi connectivity index (χ2n) is 6.83. The van der Waals surface area contributed by atoms with E-state index in [2.05, 4.69) is 28.4 Å². The first kappa shape index (κ1) is 18.9. The Hall–Kier alpha value is -2.41. The molecule has 0 bridgehead atoms. The molecule has 146 valence electrons. The average Bonchev–Trinajstić information content (AvgIpc) is 3.22. The summed E-state index contributed by atoms with van der Waals surface area (Å²) < 4.78 is 11.2. The van der Waals surface area contributed by atoms with Crippen molar-refractivity contribution in [2.75, 3.05) is 39.4 Å². The van der Waals surface area contributed by atoms with Gasteiger partial charge in [0.25, 0.3) is 5.91 Å². The number of hydrogen-bond acceptors (Lipinski definition) is 5. The summed E-state index contributed by atoms with van der Waals surface area (Å²) >= 11 is 1.46. The van der Waals surface area contributed by atoms with Crippen LogP contribution in [0.3, 0.4) is 0 Å². The highest BCUT2D eigenvalue weighted by molar-refractivity contribution is 7.12. The van der Waals surface area contributed by atoms with Gasteiger partial charge in [-0.2, -0.15) is 0 Å². The van der Waals surface area contributed by atoms with Crippen LogP contribution in [0.15, 0.2) is 53.9 Å². The first-order chi connectivity index (χ1) is 13.8. The van der Waals surface area contributed by atoms with Crippen LogP contribution in [-0.2, 0) is 11.3 Å². The van der Waals surface area contributed by atoms with E-state index in [-0.39, 0.29) is 5.91 Å². The van der Waals surface area contributed by atoms with E-state index in [1.165, 1.54) is 16.7 Å². The summed E-state index contributed by atoms with van der Waals surface area (Å²) in [4.78, 5) is 15.4. The number of morpholine rings is 1. The second kappa shape index (κ2) is 9.19. The molecule has 28 heavy (non-hydrogen) atoms. The summed E-state index contributed by atoms with van der Waals surface area (Å²) in [6, 6.07) is 16.2. The van der Waals surface area contributed by atoms with Gasteiger partial charge in [-0.25, -0.2) is 0 Å². The van der Waals surface area contributed by atoms with Crippen molar-refractivity contribution >= 4 is 28.0 Å². The Kier molecular flexibility index (Phi) is 6.21. The Bertz CT molecular complexity index is 934. The molecule has 0 spiro atoms. The minimum Gasteiger partial charge on any atom is -0.489 e. The number of hydrogen-bond donors (Lipinski definition) is 1. The molecule has 0 atom stereocenters. The Labute approximate surface area is 168 Å². The molecule has 1 aromatic heterocycles. The number of rotatable bonds is 7. The van der Waals surface area contributed by atoms with Gasteiger partial charge in [0.2, 0.25) is 0 Å². The van der Waals surface area contributed by atoms with Crippen LogP contribution >= 0.6 is 11.3 Å². The number of carbonyl (C=O) groups is 1. The largest absolute Gasteiger partial charge is 0.489 e. The molecule has 0 unspecified atom stereocenters. The number of carbonyl (C=O) groups excluding carboxylic acids is 1. The van der Waals surface area contributed by atoms with Crippen LogP contribution < -0.4 is 10.1 Å². The molecule has 0 saturated carbocycles. The highest BCUT2D eigenvalue weighted by Crippen LogP contribution is 2.22. The maximum Gasteiger partial charge on any atom is 0.261 e. The van der Waals surface area contributed by atoms with Crippen molar-refractivity contribution in [3.05, 3.63) is 64.4 Å². The van der Waals surface area contributed by atoms with Crippen molar-refractivity contribution in [1.29, 1.82) is 0 Å². The number of ether oxygens (including phenoxy) is 2. The second-order valence-corrected chi connectivity index (χ2v) is 7.74. The molecule has 1 N–H and O–H groups in total. The lowest BCUT2D eigenvalue weighted by atomic mass is 10.1. The molecule has 0 radical (unpaired) electrons. The van der Waals surface area contributed by atoms with Crippen LogP contribution in [0.1, 0.15) is 15.2 Å². The third kappa shape index (κ3) is 4.90. The van der Waals surface area contributed by atoms with E-state index in [1.54, 1.807) is 0 Å². The fourth-order valence-electron chi connectivity index (χ4n) is 3.23. The quantitative estimate of drug-likeness (QED) is 0.664. The number of benzene rings is 2. The molecule has 4 rings (SSSR count). The molecule has 0 aliphatic carbocycles.